The van der Waals surface area contributed by atoms with E-state index in [4.69, 9.17) is 0 Å². The smallest absolute Gasteiger partial charge is 0.229 e. The molecule has 0 aliphatic carbocycles. The van der Waals surface area contributed by atoms with E-state index in [1.165, 1.54) is 6.07 Å². The lowest BCUT2D eigenvalue weighted by Gasteiger charge is -2.32. The standard InChI is InChI=1S/C23H28FN9/c1-30-9-11-31(12-10-30)7-4-8-32-17-20(15-26-32)28-23-25-13-19-14-27-33(22(19)29-23)16-18-5-2-3-6-21(18)24/h2-3,5-6,13-15,17H,4,7-12,16H2,1H3,(H,25,28,29). The van der Waals surface area contributed by atoms with Crippen LogP contribution in [0.1, 0.15) is 12.0 Å². The Kier molecular flexibility index (Phi) is 6.27. The van der Waals surface area contributed by atoms with Gasteiger partial charge in [-0.05, 0) is 26.1 Å². The number of rotatable bonds is 8. The summed E-state index contributed by atoms with van der Waals surface area (Å²) in [5, 5.41) is 12.8. The molecule has 1 saturated heterocycles. The van der Waals surface area contributed by atoms with Gasteiger partial charge in [0.2, 0.25) is 5.95 Å². The van der Waals surface area contributed by atoms with Crippen LogP contribution in [-0.4, -0.2) is 79.1 Å². The summed E-state index contributed by atoms with van der Waals surface area (Å²) in [5.74, 6) is 0.198. The van der Waals surface area contributed by atoms with Crippen LogP contribution in [0, 0.1) is 5.82 Å². The maximum atomic E-state index is 14.1. The number of fused-ring (bicyclic) bond motifs is 1. The third kappa shape index (κ3) is 5.18. The molecule has 0 saturated carbocycles. The topological polar surface area (TPSA) is 79.9 Å². The maximum Gasteiger partial charge on any atom is 0.229 e. The van der Waals surface area contributed by atoms with Crippen molar-refractivity contribution in [1.82, 2.24) is 39.3 Å². The zero-order valence-corrected chi connectivity index (χ0v) is 18.7. The van der Waals surface area contributed by atoms with Crippen LogP contribution in [0.4, 0.5) is 16.0 Å². The Bertz CT molecular complexity index is 1210. The molecule has 4 aromatic rings. The van der Waals surface area contributed by atoms with Gasteiger partial charge in [0.05, 0.1) is 30.0 Å². The fourth-order valence-electron chi connectivity index (χ4n) is 4.04. The second-order valence-corrected chi connectivity index (χ2v) is 8.48. The molecule has 1 aliphatic rings. The molecule has 5 rings (SSSR count). The van der Waals surface area contributed by atoms with Crippen LogP contribution in [0.3, 0.4) is 0 Å². The zero-order valence-electron chi connectivity index (χ0n) is 18.7. The van der Waals surface area contributed by atoms with Crippen LogP contribution in [0.25, 0.3) is 11.0 Å². The van der Waals surface area contributed by atoms with Gasteiger partial charge >= 0.3 is 0 Å². The van der Waals surface area contributed by atoms with Crippen molar-refractivity contribution < 1.29 is 4.39 Å². The van der Waals surface area contributed by atoms with Gasteiger partial charge in [-0.15, -0.1) is 0 Å². The lowest BCUT2D eigenvalue weighted by atomic mass is 10.2. The summed E-state index contributed by atoms with van der Waals surface area (Å²) in [4.78, 5) is 13.9. The molecule has 1 aromatic carbocycles. The van der Waals surface area contributed by atoms with E-state index < -0.39 is 0 Å². The quantitative estimate of drug-likeness (QED) is 0.443. The summed E-state index contributed by atoms with van der Waals surface area (Å²) in [6, 6.07) is 6.69. The van der Waals surface area contributed by atoms with E-state index >= 15 is 0 Å². The number of hydrogen-bond acceptors (Lipinski definition) is 7. The summed E-state index contributed by atoms with van der Waals surface area (Å²) in [6.45, 7) is 6.80. The van der Waals surface area contributed by atoms with E-state index in [9.17, 15) is 4.39 Å². The van der Waals surface area contributed by atoms with Crippen LogP contribution in [0.15, 0.2) is 49.1 Å². The SMILES string of the molecule is CN1CCN(CCCn2cc(Nc3ncc4cnn(Cc5ccccc5F)c4n3)cn2)CC1. The van der Waals surface area contributed by atoms with Gasteiger partial charge in [-0.25, -0.2) is 14.1 Å². The first kappa shape index (κ1) is 21.5. The van der Waals surface area contributed by atoms with Crippen molar-refractivity contribution >= 4 is 22.7 Å². The molecule has 9 nitrogen and oxygen atoms in total. The number of piperazine rings is 1. The minimum Gasteiger partial charge on any atom is -0.321 e. The highest BCUT2D eigenvalue weighted by molar-refractivity contribution is 5.75. The Morgan fingerprint density at radius 3 is 2.70 bits per heavy atom. The lowest BCUT2D eigenvalue weighted by molar-refractivity contribution is 0.151. The monoisotopic (exact) mass is 449 g/mol. The number of nitrogens with one attached hydrogen (secondary N) is 1. The van der Waals surface area contributed by atoms with Gasteiger partial charge in [-0.1, -0.05) is 18.2 Å². The predicted molar refractivity (Wildman–Crippen MR) is 125 cm³/mol. The van der Waals surface area contributed by atoms with Gasteiger partial charge < -0.3 is 15.1 Å². The van der Waals surface area contributed by atoms with Gasteiger partial charge in [-0.2, -0.15) is 15.2 Å². The first-order chi connectivity index (χ1) is 16.1. The molecule has 172 valence electrons. The molecule has 3 aromatic heterocycles. The van der Waals surface area contributed by atoms with Crippen molar-refractivity contribution in [1.29, 1.82) is 0 Å². The molecule has 1 aliphatic heterocycles. The Labute approximate surface area is 191 Å². The van der Waals surface area contributed by atoms with E-state index in [-0.39, 0.29) is 5.82 Å². The average molecular weight is 450 g/mol. The highest BCUT2D eigenvalue weighted by Gasteiger charge is 2.13. The van der Waals surface area contributed by atoms with E-state index in [0.29, 0.717) is 23.7 Å². The van der Waals surface area contributed by atoms with Crippen LogP contribution in [0.5, 0.6) is 0 Å². The van der Waals surface area contributed by atoms with E-state index in [0.717, 1.165) is 56.8 Å². The molecular formula is C23H28FN9. The number of aryl methyl sites for hydroxylation is 1. The molecule has 1 N–H and O–H groups in total. The van der Waals surface area contributed by atoms with Gasteiger partial charge in [0, 0.05) is 50.7 Å². The van der Waals surface area contributed by atoms with E-state index in [1.54, 1.807) is 35.4 Å². The van der Waals surface area contributed by atoms with Crippen molar-refractivity contribution in [2.45, 2.75) is 19.5 Å². The highest BCUT2D eigenvalue weighted by Crippen LogP contribution is 2.18. The van der Waals surface area contributed by atoms with Crippen molar-refractivity contribution in [3.8, 4) is 0 Å². The Balaban J connectivity index is 1.21. The fourth-order valence-corrected chi connectivity index (χ4v) is 4.04. The lowest BCUT2D eigenvalue weighted by Crippen LogP contribution is -2.44. The largest absolute Gasteiger partial charge is 0.321 e. The summed E-state index contributed by atoms with van der Waals surface area (Å²) in [6.07, 6.45) is 8.21. The molecule has 0 bridgehead atoms. The predicted octanol–water partition coefficient (Wildman–Crippen LogP) is 2.59. The highest BCUT2D eigenvalue weighted by atomic mass is 19.1. The maximum absolute atomic E-state index is 14.1. The van der Waals surface area contributed by atoms with Crippen molar-refractivity contribution in [3.05, 3.63) is 60.4 Å². The number of likely N-dealkylation sites (N-methyl/N-ethyl adjacent to an activating group) is 1. The Hall–Kier alpha value is -3.37. The average Bonchev–Trinajstić information content (AvgIpc) is 3.43. The summed E-state index contributed by atoms with van der Waals surface area (Å²) in [7, 11) is 2.17. The van der Waals surface area contributed by atoms with Gasteiger partial charge in [-0.3, -0.25) is 4.68 Å². The zero-order chi connectivity index (χ0) is 22.6. The molecule has 1 fully saturated rings. The Morgan fingerprint density at radius 2 is 1.85 bits per heavy atom. The molecule has 0 unspecified atom stereocenters. The molecule has 0 spiro atoms. The number of anilines is 2. The fraction of sp³-hybridized carbons (Fsp3) is 0.391. The third-order valence-electron chi connectivity index (χ3n) is 6.00. The molecule has 0 radical (unpaired) electrons. The number of halogens is 1. The number of nitrogens with zero attached hydrogens (tertiary/aromatic N) is 8. The Morgan fingerprint density at radius 1 is 1.00 bits per heavy atom. The molecule has 0 amide bonds. The van der Waals surface area contributed by atoms with E-state index in [2.05, 4.69) is 42.3 Å². The van der Waals surface area contributed by atoms with E-state index in [1.807, 2.05) is 16.9 Å². The molecular weight excluding hydrogens is 421 g/mol. The summed E-state index contributed by atoms with van der Waals surface area (Å²) < 4.78 is 17.7. The van der Waals surface area contributed by atoms with Crippen molar-refractivity contribution in [3.63, 3.8) is 0 Å². The van der Waals surface area contributed by atoms with Crippen LogP contribution >= 0.6 is 0 Å². The third-order valence-corrected chi connectivity index (χ3v) is 6.00. The normalized spacial score (nSPS) is 15.3. The molecule has 10 heteroatoms. The molecule has 4 heterocycles. The second kappa shape index (κ2) is 9.63. The molecule has 0 atom stereocenters. The van der Waals surface area contributed by atoms with Crippen LogP contribution in [-0.2, 0) is 13.1 Å². The number of aromatic nitrogens is 6. The van der Waals surface area contributed by atoms with Gasteiger partial charge in [0.1, 0.15) is 5.82 Å². The van der Waals surface area contributed by atoms with Gasteiger partial charge in [0.15, 0.2) is 5.65 Å². The van der Waals surface area contributed by atoms with Gasteiger partial charge in [0.25, 0.3) is 0 Å². The minimum absolute atomic E-state index is 0.256. The molecule has 33 heavy (non-hydrogen) atoms. The number of hydrogen-bond donors (Lipinski definition) is 1. The number of benzene rings is 1. The summed E-state index contributed by atoms with van der Waals surface area (Å²) >= 11 is 0. The van der Waals surface area contributed by atoms with Crippen LogP contribution in [0.2, 0.25) is 0 Å². The minimum atomic E-state index is -0.256. The second-order valence-electron chi connectivity index (χ2n) is 8.48. The first-order valence-corrected chi connectivity index (χ1v) is 11.3. The van der Waals surface area contributed by atoms with Crippen LogP contribution < -0.4 is 5.32 Å². The van der Waals surface area contributed by atoms with Crippen molar-refractivity contribution in [2.75, 3.05) is 45.1 Å². The summed E-state index contributed by atoms with van der Waals surface area (Å²) in [5.41, 5.74) is 2.04. The van der Waals surface area contributed by atoms with Crippen molar-refractivity contribution in [2.24, 2.45) is 0 Å². The first-order valence-electron chi connectivity index (χ1n) is 11.3.